The molecule has 0 atom stereocenters. The minimum absolute atomic E-state index is 0.364. The van der Waals surface area contributed by atoms with E-state index < -0.39 is 53.2 Å². The highest BCUT2D eigenvalue weighted by Crippen LogP contribution is 2.14. The second-order valence-corrected chi connectivity index (χ2v) is 5.55. The Morgan fingerprint density at radius 3 is 1.65 bits per heavy atom. The predicted octanol–water partition coefficient (Wildman–Crippen LogP) is 2.66. The Kier molecular flexibility index (Phi) is 4.75. The Labute approximate surface area is 144 Å². The van der Waals surface area contributed by atoms with Gasteiger partial charge in [0.25, 0.3) is 5.56 Å². The third-order valence-corrected chi connectivity index (χ3v) is 3.91. The van der Waals surface area contributed by atoms with Crippen molar-refractivity contribution in [3.05, 3.63) is 104 Å². The van der Waals surface area contributed by atoms with Gasteiger partial charge in [0.1, 0.15) is 23.3 Å². The van der Waals surface area contributed by atoms with Crippen LogP contribution in [0.1, 0.15) is 11.1 Å². The first-order valence-corrected chi connectivity index (χ1v) is 7.54. The third-order valence-electron chi connectivity index (χ3n) is 3.91. The molecule has 0 saturated heterocycles. The number of halogens is 4. The summed E-state index contributed by atoms with van der Waals surface area (Å²) in [5, 5.41) is 0. The van der Waals surface area contributed by atoms with Gasteiger partial charge in [-0.1, -0.05) is 12.1 Å². The van der Waals surface area contributed by atoms with Crippen molar-refractivity contribution in [2.24, 2.45) is 0 Å². The first kappa shape index (κ1) is 17.7. The largest absolute Gasteiger partial charge is 0.331 e. The van der Waals surface area contributed by atoms with Gasteiger partial charge in [0.2, 0.25) is 0 Å². The molecule has 0 fully saturated rings. The molecule has 0 aliphatic heterocycles. The van der Waals surface area contributed by atoms with E-state index in [-0.39, 0.29) is 5.56 Å². The van der Waals surface area contributed by atoms with Gasteiger partial charge in [-0.3, -0.25) is 13.9 Å². The molecule has 0 N–H and O–H groups in total. The highest BCUT2D eigenvalue weighted by atomic mass is 19.1. The van der Waals surface area contributed by atoms with Crippen molar-refractivity contribution >= 4 is 0 Å². The van der Waals surface area contributed by atoms with Crippen LogP contribution in [0.2, 0.25) is 0 Å². The van der Waals surface area contributed by atoms with Crippen LogP contribution < -0.4 is 11.2 Å². The molecule has 8 heteroatoms. The van der Waals surface area contributed by atoms with Gasteiger partial charge in [-0.05, 0) is 24.3 Å². The maximum Gasteiger partial charge on any atom is 0.331 e. The fraction of sp³-hybridized carbons (Fsp3) is 0.111. The molecule has 0 amide bonds. The SMILES string of the molecule is O=c1ccn(Cc2c(F)cccc2F)c(=O)n1Cc1c(F)cccc1F. The topological polar surface area (TPSA) is 44.0 Å². The molecule has 2 aromatic carbocycles. The van der Waals surface area contributed by atoms with Gasteiger partial charge in [0, 0.05) is 23.4 Å². The number of hydrogen-bond acceptors (Lipinski definition) is 2. The van der Waals surface area contributed by atoms with E-state index in [1.54, 1.807) is 0 Å². The van der Waals surface area contributed by atoms with E-state index in [0.717, 1.165) is 47.2 Å². The quantitative estimate of drug-likeness (QED) is 0.668. The molecule has 0 aliphatic rings. The Morgan fingerprint density at radius 2 is 1.15 bits per heavy atom. The van der Waals surface area contributed by atoms with E-state index >= 15 is 0 Å². The summed E-state index contributed by atoms with van der Waals surface area (Å²) in [6.45, 7) is -1.12. The molecule has 0 unspecified atom stereocenters. The minimum atomic E-state index is -0.942. The van der Waals surface area contributed by atoms with Gasteiger partial charge in [0.05, 0.1) is 13.1 Å². The fourth-order valence-electron chi connectivity index (χ4n) is 2.52. The zero-order valence-electron chi connectivity index (χ0n) is 13.3. The Balaban J connectivity index is 2.05. The lowest BCUT2D eigenvalue weighted by Gasteiger charge is -2.12. The van der Waals surface area contributed by atoms with Gasteiger partial charge in [-0.2, -0.15) is 0 Å². The maximum absolute atomic E-state index is 13.8. The smallest absolute Gasteiger partial charge is 0.296 e. The predicted molar refractivity (Wildman–Crippen MR) is 85.9 cm³/mol. The summed E-state index contributed by atoms with van der Waals surface area (Å²) in [5.41, 5.74) is -2.55. The third kappa shape index (κ3) is 3.30. The van der Waals surface area contributed by atoms with Crippen LogP contribution in [0.15, 0.2) is 58.3 Å². The van der Waals surface area contributed by atoms with E-state index in [1.165, 1.54) is 6.07 Å². The summed E-state index contributed by atoms with van der Waals surface area (Å²) < 4.78 is 56.6. The average Bonchev–Trinajstić information content (AvgIpc) is 2.59. The Bertz CT molecular complexity index is 1050. The molecular formula is C18H12F4N2O2. The average molecular weight is 364 g/mol. The Hall–Kier alpha value is -3.16. The fourth-order valence-corrected chi connectivity index (χ4v) is 2.52. The second kappa shape index (κ2) is 6.99. The van der Waals surface area contributed by atoms with Crippen molar-refractivity contribution in [3.8, 4) is 0 Å². The summed E-state index contributed by atoms with van der Waals surface area (Å²) in [7, 11) is 0. The highest BCUT2D eigenvalue weighted by molar-refractivity contribution is 5.21. The number of aromatic nitrogens is 2. The summed E-state index contributed by atoms with van der Waals surface area (Å²) in [5.74, 6) is -3.52. The van der Waals surface area contributed by atoms with Crippen molar-refractivity contribution in [1.82, 2.24) is 9.13 Å². The molecule has 3 rings (SSSR count). The van der Waals surface area contributed by atoms with Gasteiger partial charge in [0.15, 0.2) is 0 Å². The summed E-state index contributed by atoms with van der Waals surface area (Å²) in [6, 6.07) is 7.39. The molecule has 0 bridgehead atoms. The molecule has 4 nitrogen and oxygen atoms in total. The van der Waals surface area contributed by atoms with Crippen LogP contribution in [0.25, 0.3) is 0 Å². The number of nitrogens with zero attached hydrogens (tertiary/aromatic N) is 2. The van der Waals surface area contributed by atoms with Crippen LogP contribution in [-0.4, -0.2) is 9.13 Å². The molecule has 26 heavy (non-hydrogen) atoms. The van der Waals surface area contributed by atoms with E-state index in [4.69, 9.17) is 0 Å². The minimum Gasteiger partial charge on any atom is -0.296 e. The molecular weight excluding hydrogens is 352 g/mol. The summed E-state index contributed by atoms with van der Waals surface area (Å²) in [4.78, 5) is 24.4. The van der Waals surface area contributed by atoms with Crippen LogP contribution in [0.3, 0.4) is 0 Å². The van der Waals surface area contributed by atoms with Gasteiger partial charge >= 0.3 is 5.69 Å². The number of rotatable bonds is 4. The van der Waals surface area contributed by atoms with Gasteiger partial charge < -0.3 is 0 Å². The monoisotopic (exact) mass is 364 g/mol. The van der Waals surface area contributed by atoms with Crippen LogP contribution >= 0.6 is 0 Å². The Morgan fingerprint density at radius 1 is 0.692 bits per heavy atom. The number of benzene rings is 2. The van der Waals surface area contributed by atoms with Gasteiger partial charge in [-0.15, -0.1) is 0 Å². The van der Waals surface area contributed by atoms with E-state index in [0.29, 0.717) is 4.57 Å². The highest BCUT2D eigenvalue weighted by Gasteiger charge is 2.15. The molecule has 0 radical (unpaired) electrons. The van der Waals surface area contributed by atoms with E-state index in [9.17, 15) is 27.2 Å². The van der Waals surface area contributed by atoms with Gasteiger partial charge in [-0.25, -0.2) is 22.4 Å². The van der Waals surface area contributed by atoms with Crippen molar-refractivity contribution in [3.63, 3.8) is 0 Å². The van der Waals surface area contributed by atoms with Crippen molar-refractivity contribution < 1.29 is 17.6 Å². The standard InChI is InChI=1S/C18H12F4N2O2/c19-13-3-1-4-14(20)11(13)9-23-8-7-17(25)24(18(23)26)10-12-15(21)5-2-6-16(12)22/h1-8H,9-10H2. The molecule has 0 aliphatic carbocycles. The summed E-state index contributed by atoms with van der Waals surface area (Å²) >= 11 is 0. The molecule has 0 saturated carbocycles. The first-order chi connectivity index (χ1) is 12.4. The normalized spacial score (nSPS) is 10.9. The molecule has 3 aromatic rings. The first-order valence-electron chi connectivity index (χ1n) is 7.54. The van der Waals surface area contributed by atoms with E-state index in [1.807, 2.05) is 0 Å². The summed E-state index contributed by atoms with van der Waals surface area (Å²) in [6.07, 6.45) is 1.07. The van der Waals surface area contributed by atoms with Crippen molar-refractivity contribution in [2.45, 2.75) is 13.1 Å². The molecule has 1 aromatic heterocycles. The van der Waals surface area contributed by atoms with Crippen LogP contribution in [0.4, 0.5) is 17.6 Å². The second-order valence-electron chi connectivity index (χ2n) is 5.55. The molecule has 134 valence electrons. The molecule has 1 heterocycles. The van der Waals surface area contributed by atoms with Crippen molar-refractivity contribution in [2.75, 3.05) is 0 Å². The van der Waals surface area contributed by atoms with Crippen LogP contribution in [0, 0.1) is 23.3 Å². The zero-order valence-corrected chi connectivity index (χ0v) is 13.3. The van der Waals surface area contributed by atoms with E-state index in [2.05, 4.69) is 0 Å². The van der Waals surface area contributed by atoms with Crippen LogP contribution in [0.5, 0.6) is 0 Å². The molecule has 0 spiro atoms. The lowest BCUT2D eigenvalue weighted by molar-refractivity contribution is 0.514. The lowest BCUT2D eigenvalue weighted by Crippen LogP contribution is -2.40. The van der Waals surface area contributed by atoms with Crippen LogP contribution in [-0.2, 0) is 13.1 Å². The maximum atomic E-state index is 13.8. The number of hydrogen-bond donors (Lipinski definition) is 0. The zero-order chi connectivity index (χ0) is 18.8. The lowest BCUT2D eigenvalue weighted by atomic mass is 10.2. The van der Waals surface area contributed by atoms with Crippen molar-refractivity contribution in [1.29, 1.82) is 0 Å².